The maximum atomic E-state index is 12.8. The molecule has 0 radical (unpaired) electrons. The molecule has 22 heavy (non-hydrogen) atoms. The van der Waals surface area contributed by atoms with Crippen molar-refractivity contribution >= 4 is 24.0 Å². The highest BCUT2D eigenvalue weighted by molar-refractivity contribution is 6.31. The van der Waals surface area contributed by atoms with Crippen molar-refractivity contribution in [3.8, 4) is 0 Å². The molecule has 0 aliphatic carbocycles. The van der Waals surface area contributed by atoms with Gasteiger partial charge in [-0.2, -0.15) is 13.2 Å². The van der Waals surface area contributed by atoms with E-state index in [1.54, 1.807) is 6.07 Å². The van der Waals surface area contributed by atoms with Gasteiger partial charge in [-0.05, 0) is 24.1 Å². The van der Waals surface area contributed by atoms with Gasteiger partial charge in [0.15, 0.2) is 0 Å². The molecule has 0 bridgehead atoms. The van der Waals surface area contributed by atoms with Crippen molar-refractivity contribution in [1.82, 2.24) is 10.2 Å². The van der Waals surface area contributed by atoms with Crippen LogP contribution in [0.4, 0.5) is 13.2 Å². The van der Waals surface area contributed by atoms with Crippen LogP contribution in [0.5, 0.6) is 0 Å². The molecule has 0 unspecified atom stereocenters. The Morgan fingerprint density at radius 3 is 2.41 bits per heavy atom. The maximum Gasteiger partial charge on any atom is 0.417 e. The minimum absolute atomic E-state index is 0. The molecule has 1 saturated heterocycles. The molecule has 1 fully saturated rings. The fourth-order valence-electron chi connectivity index (χ4n) is 2.80. The van der Waals surface area contributed by atoms with Crippen LogP contribution in [-0.2, 0) is 6.18 Å². The number of benzene rings is 1. The van der Waals surface area contributed by atoms with Crippen LogP contribution in [0.25, 0.3) is 0 Å². The maximum absolute atomic E-state index is 12.8. The third-order valence-electron chi connectivity index (χ3n) is 3.84. The van der Waals surface area contributed by atoms with E-state index < -0.39 is 11.7 Å². The van der Waals surface area contributed by atoms with Gasteiger partial charge in [-0.3, -0.25) is 4.90 Å². The van der Waals surface area contributed by atoms with Gasteiger partial charge in [0, 0.05) is 32.2 Å². The lowest BCUT2D eigenvalue weighted by molar-refractivity contribution is -0.137. The lowest BCUT2D eigenvalue weighted by Crippen LogP contribution is -2.45. The Hall–Kier alpha value is -0.490. The summed E-state index contributed by atoms with van der Waals surface area (Å²) in [7, 11) is 0. The van der Waals surface area contributed by atoms with Gasteiger partial charge in [0.05, 0.1) is 10.6 Å². The van der Waals surface area contributed by atoms with E-state index in [0.29, 0.717) is 0 Å². The van der Waals surface area contributed by atoms with Crippen molar-refractivity contribution in [3.63, 3.8) is 0 Å². The van der Waals surface area contributed by atoms with Gasteiger partial charge >= 0.3 is 6.18 Å². The highest BCUT2D eigenvalue weighted by Gasteiger charge is 2.33. The van der Waals surface area contributed by atoms with Crippen molar-refractivity contribution in [2.24, 2.45) is 0 Å². The van der Waals surface area contributed by atoms with E-state index in [1.165, 1.54) is 6.07 Å². The van der Waals surface area contributed by atoms with Gasteiger partial charge in [-0.1, -0.05) is 31.0 Å². The van der Waals surface area contributed by atoms with Crippen molar-refractivity contribution in [2.75, 3.05) is 26.2 Å². The molecule has 126 valence electrons. The number of rotatable bonds is 4. The standard InChI is InChI=1S/C15H20ClF3N2.ClH/c1-2-3-14(21-8-6-20-7-9-21)11-4-5-12(13(16)10-11)15(17,18)19;/h4-5,10,14,20H,2-3,6-9H2,1H3;1H/t14-;/m0./s1. The van der Waals surface area contributed by atoms with Crippen LogP contribution in [0.3, 0.4) is 0 Å². The number of piperazine rings is 1. The third-order valence-corrected chi connectivity index (χ3v) is 4.15. The predicted molar refractivity (Wildman–Crippen MR) is 85.8 cm³/mol. The molecule has 1 aliphatic rings. The molecule has 1 aromatic rings. The summed E-state index contributed by atoms with van der Waals surface area (Å²) in [4.78, 5) is 2.32. The molecule has 0 aromatic heterocycles. The Balaban J connectivity index is 0.00000242. The zero-order chi connectivity index (χ0) is 15.5. The van der Waals surface area contributed by atoms with E-state index in [-0.39, 0.29) is 23.5 Å². The first kappa shape index (κ1) is 19.6. The topological polar surface area (TPSA) is 15.3 Å². The lowest BCUT2D eigenvalue weighted by atomic mass is 9.98. The minimum atomic E-state index is -4.40. The van der Waals surface area contributed by atoms with Gasteiger partial charge < -0.3 is 5.32 Å². The molecule has 0 spiro atoms. The van der Waals surface area contributed by atoms with E-state index in [0.717, 1.165) is 50.7 Å². The van der Waals surface area contributed by atoms with E-state index in [9.17, 15) is 13.2 Å². The summed E-state index contributed by atoms with van der Waals surface area (Å²) in [5, 5.41) is 3.08. The zero-order valence-electron chi connectivity index (χ0n) is 12.4. The van der Waals surface area contributed by atoms with E-state index in [1.807, 2.05) is 0 Å². The predicted octanol–water partition coefficient (Wildman–Crippen LogP) is 4.53. The Morgan fingerprint density at radius 1 is 1.27 bits per heavy atom. The van der Waals surface area contributed by atoms with Gasteiger partial charge in [-0.25, -0.2) is 0 Å². The highest BCUT2D eigenvalue weighted by Crippen LogP contribution is 2.37. The molecule has 0 saturated carbocycles. The number of nitrogens with zero attached hydrogens (tertiary/aromatic N) is 1. The van der Waals surface area contributed by atoms with E-state index in [2.05, 4.69) is 17.1 Å². The quantitative estimate of drug-likeness (QED) is 0.852. The Morgan fingerprint density at radius 2 is 1.91 bits per heavy atom. The fourth-order valence-corrected chi connectivity index (χ4v) is 3.09. The van der Waals surface area contributed by atoms with E-state index >= 15 is 0 Å². The SMILES string of the molecule is CCC[C@@H](c1ccc(C(F)(F)F)c(Cl)c1)N1CCNCC1.Cl. The Bertz CT molecular complexity index is 474. The summed E-state index contributed by atoms with van der Waals surface area (Å²) in [5.41, 5.74) is 0.111. The summed E-state index contributed by atoms with van der Waals surface area (Å²) in [6.07, 6.45) is -2.50. The third kappa shape index (κ3) is 4.75. The first-order valence-corrected chi connectivity index (χ1v) is 7.62. The lowest BCUT2D eigenvalue weighted by Gasteiger charge is -2.35. The smallest absolute Gasteiger partial charge is 0.314 e. The van der Waals surface area contributed by atoms with Crippen LogP contribution in [0.2, 0.25) is 5.02 Å². The number of nitrogens with one attached hydrogen (secondary N) is 1. The van der Waals surface area contributed by atoms with Crippen molar-refractivity contribution < 1.29 is 13.2 Å². The molecule has 0 amide bonds. The minimum Gasteiger partial charge on any atom is -0.314 e. The first-order valence-electron chi connectivity index (χ1n) is 7.25. The van der Waals surface area contributed by atoms with Gasteiger partial charge in [0.2, 0.25) is 0 Å². The summed E-state index contributed by atoms with van der Waals surface area (Å²) >= 11 is 5.85. The summed E-state index contributed by atoms with van der Waals surface area (Å²) < 4.78 is 38.3. The number of hydrogen-bond donors (Lipinski definition) is 1. The van der Waals surface area contributed by atoms with Crippen molar-refractivity contribution in [1.29, 1.82) is 0 Å². The highest BCUT2D eigenvalue weighted by atomic mass is 35.5. The van der Waals surface area contributed by atoms with Gasteiger partial charge in [0.1, 0.15) is 0 Å². The zero-order valence-corrected chi connectivity index (χ0v) is 14.0. The van der Waals surface area contributed by atoms with Crippen LogP contribution >= 0.6 is 24.0 Å². The van der Waals surface area contributed by atoms with Crippen LogP contribution in [0.15, 0.2) is 18.2 Å². The van der Waals surface area contributed by atoms with Crippen LogP contribution in [0, 0.1) is 0 Å². The summed E-state index contributed by atoms with van der Waals surface area (Å²) in [6.45, 7) is 5.72. The monoisotopic (exact) mass is 356 g/mol. The molecule has 7 heteroatoms. The summed E-state index contributed by atoms with van der Waals surface area (Å²) in [6, 6.07) is 4.28. The van der Waals surface area contributed by atoms with E-state index in [4.69, 9.17) is 11.6 Å². The number of alkyl halides is 3. The van der Waals surface area contributed by atoms with Gasteiger partial charge in [0.25, 0.3) is 0 Å². The van der Waals surface area contributed by atoms with Crippen LogP contribution < -0.4 is 5.32 Å². The molecule has 2 nitrogen and oxygen atoms in total. The molecule has 1 heterocycles. The molecule has 1 aromatic carbocycles. The van der Waals surface area contributed by atoms with Crippen molar-refractivity contribution in [2.45, 2.75) is 32.0 Å². The van der Waals surface area contributed by atoms with Crippen LogP contribution in [0.1, 0.15) is 36.9 Å². The summed E-state index contributed by atoms with van der Waals surface area (Å²) in [5.74, 6) is 0. The van der Waals surface area contributed by atoms with Crippen LogP contribution in [-0.4, -0.2) is 31.1 Å². The average Bonchev–Trinajstić information content (AvgIpc) is 2.44. The van der Waals surface area contributed by atoms with Crippen molar-refractivity contribution in [3.05, 3.63) is 34.3 Å². The molecular weight excluding hydrogens is 336 g/mol. The second-order valence-corrected chi connectivity index (χ2v) is 5.73. The molecule has 1 atom stereocenters. The largest absolute Gasteiger partial charge is 0.417 e. The first-order chi connectivity index (χ1) is 9.93. The normalized spacial score (nSPS) is 17.9. The molecule has 1 aliphatic heterocycles. The molecule has 2 rings (SSSR count). The van der Waals surface area contributed by atoms with Gasteiger partial charge in [-0.15, -0.1) is 12.4 Å². The fraction of sp³-hybridized carbons (Fsp3) is 0.600. The Kier molecular flexibility index (Phi) is 7.46. The second kappa shape index (κ2) is 8.39. The average molecular weight is 357 g/mol. The number of hydrogen-bond acceptors (Lipinski definition) is 2. The second-order valence-electron chi connectivity index (χ2n) is 5.33. The number of halogens is 5. The molecule has 1 N–H and O–H groups in total. The Labute approximate surface area is 140 Å². The molecular formula is C15H21Cl2F3N2.